The van der Waals surface area contributed by atoms with Crippen LogP contribution in [0.3, 0.4) is 0 Å². The molecule has 0 radical (unpaired) electrons. The monoisotopic (exact) mass is 200 g/mol. The van der Waals surface area contributed by atoms with Gasteiger partial charge in [0.15, 0.2) is 0 Å². The van der Waals surface area contributed by atoms with Crippen molar-refractivity contribution in [2.24, 2.45) is 5.92 Å². The van der Waals surface area contributed by atoms with Gasteiger partial charge in [0.05, 0.1) is 6.10 Å². The highest BCUT2D eigenvalue weighted by molar-refractivity contribution is 4.77. The highest BCUT2D eigenvalue weighted by Gasteiger charge is 2.22. The Labute approximate surface area is 87.8 Å². The average molecular weight is 200 g/mol. The predicted octanol–water partition coefficient (Wildman–Crippen LogP) is 0.953. The van der Waals surface area contributed by atoms with Gasteiger partial charge in [-0.05, 0) is 46.3 Å². The van der Waals surface area contributed by atoms with Gasteiger partial charge in [0, 0.05) is 19.7 Å². The van der Waals surface area contributed by atoms with Crippen LogP contribution in [-0.2, 0) is 4.74 Å². The van der Waals surface area contributed by atoms with Crippen LogP contribution in [-0.4, -0.2) is 50.8 Å². The van der Waals surface area contributed by atoms with Crippen molar-refractivity contribution in [3.63, 3.8) is 0 Å². The Morgan fingerprint density at radius 2 is 2.36 bits per heavy atom. The van der Waals surface area contributed by atoms with Crippen LogP contribution >= 0.6 is 0 Å². The topological polar surface area (TPSA) is 24.5 Å². The van der Waals surface area contributed by atoms with Gasteiger partial charge >= 0.3 is 0 Å². The first-order chi connectivity index (χ1) is 6.76. The van der Waals surface area contributed by atoms with Gasteiger partial charge in [0.2, 0.25) is 0 Å². The van der Waals surface area contributed by atoms with Crippen LogP contribution in [0.25, 0.3) is 0 Å². The number of nitrogens with one attached hydrogen (secondary N) is 1. The summed E-state index contributed by atoms with van der Waals surface area (Å²) in [6, 6.07) is 0. The molecule has 84 valence electrons. The van der Waals surface area contributed by atoms with Crippen LogP contribution in [0.4, 0.5) is 0 Å². The van der Waals surface area contributed by atoms with Crippen molar-refractivity contribution >= 4 is 0 Å². The molecule has 0 saturated carbocycles. The van der Waals surface area contributed by atoms with E-state index in [2.05, 4.69) is 24.1 Å². The molecule has 1 heterocycles. The second-order valence-corrected chi connectivity index (χ2v) is 4.24. The summed E-state index contributed by atoms with van der Waals surface area (Å²) in [5.74, 6) is 0.842. The molecule has 0 amide bonds. The summed E-state index contributed by atoms with van der Waals surface area (Å²) in [7, 11) is 2.03. The maximum absolute atomic E-state index is 5.54. The number of ether oxygens (including phenoxy) is 1. The minimum absolute atomic E-state index is 0.383. The van der Waals surface area contributed by atoms with Crippen LogP contribution < -0.4 is 5.32 Å². The van der Waals surface area contributed by atoms with Crippen molar-refractivity contribution in [1.29, 1.82) is 0 Å². The minimum Gasteiger partial charge on any atom is -0.377 e. The van der Waals surface area contributed by atoms with E-state index in [4.69, 9.17) is 4.74 Å². The van der Waals surface area contributed by atoms with E-state index >= 15 is 0 Å². The van der Waals surface area contributed by atoms with Crippen molar-refractivity contribution in [2.75, 3.05) is 39.8 Å². The third-order valence-corrected chi connectivity index (χ3v) is 2.83. The number of nitrogens with zero attached hydrogens (tertiary/aromatic N) is 1. The molecule has 0 aromatic rings. The Morgan fingerprint density at radius 1 is 1.57 bits per heavy atom. The third-order valence-electron chi connectivity index (χ3n) is 2.83. The molecule has 1 saturated heterocycles. The van der Waals surface area contributed by atoms with Crippen LogP contribution in [0.1, 0.15) is 20.3 Å². The molecule has 0 aromatic carbocycles. The molecule has 1 rings (SSSR count). The fourth-order valence-corrected chi connectivity index (χ4v) is 2.23. The van der Waals surface area contributed by atoms with E-state index in [0.29, 0.717) is 6.10 Å². The average Bonchev–Trinajstić information content (AvgIpc) is 2.53. The molecule has 2 atom stereocenters. The third kappa shape index (κ3) is 3.95. The van der Waals surface area contributed by atoms with Gasteiger partial charge in [0.1, 0.15) is 0 Å². The molecular formula is C11H24N2O. The highest BCUT2D eigenvalue weighted by atomic mass is 16.5. The smallest absolute Gasteiger partial charge is 0.0673 e. The van der Waals surface area contributed by atoms with Gasteiger partial charge in [-0.1, -0.05) is 0 Å². The molecule has 0 aliphatic carbocycles. The zero-order chi connectivity index (χ0) is 10.4. The molecule has 14 heavy (non-hydrogen) atoms. The second-order valence-electron chi connectivity index (χ2n) is 4.24. The van der Waals surface area contributed by atoms with Gasteiger partial charge < -0.3 is 15.0 Å². The molecule has 1 aliphatic rings. The van der Waals surface area contributed by atoms with E-state index < -0.39 is 0 Å². The summed E-state index contributed by atoms with van der Waals surface area (Å²) >= 11 is 0. The fourth-order valence-electron chi connectivity index (χ4n) is 2.23. The standard InChI is InChI=1S/C11H24N2O/c1-4-14-10(2)8-13-6-5-11(9-13)7-12-3/h10-12H,4-9H2,1-3H3. The molecule has 2 unspecified atom stereocenters. The van der Waals surface area contributed by atoms with E-state index in [1.54, 1.807) is 0 Å². The highest BCUT2D eigenvalue weighted by Crippen LogP contribution is 2.15. The molecule has 1 N–H and O–H groups in total. The van der Waals surface area contributed by atoms with E-state index in [-0.39, 0.29) is 0 Å². The lowest BCUT2D eigenvalue weighted by Crippen LogP contribution is -2.31. The molecule has 3 nitrogen and oxygen atoms in total. The second kappa shape index (κ2) is 6.38. The summed E-state index contributed by atoms with van der Waals surface area (Å²) in [6.45, 7) is 9.77. The van der Waals surface area contributed by atoms with Crippen LogP contribution in [0, 0.1) is 5.92 Å². The quantitative estimate of drug-likeness (QED) is 0.691. The lowest BCUT2D eigenvalue weighted by Gasteiger charge is -2.20. The van der Waals surface area contributed by atoms with Crippen molar-refractivity contribution < 1.29 is 4.74 Å². The van der Waals surface area contributed by atoms with Crippen LogP contribution in [0.2, 0.25) is 0 Å². The zero-order valence-corrected chi connectivity index (χ0v) is 9.75. The Morgan fingerprint density at radius 3 is 3.00 bits per heavy atom. The molecule has 0 aromatic heterocycles. The summed E-state index contributed by atoms with van der Waals surface area (Å²) < 4.78 is 5.54. The largest absolute Gasteiger partial charge is 0.377 e. The van der Waals surface area contributed by atoms with Crippen molar-refractivity contribution in [3.8, 4) is 0 Å². The number of hydrogen-bond donors (Lipinski definition) is 1. The first kappa shape index (κ1) is 12.0. The molecule has 1 aliphatic heterocycles. The van der Waals surface area contributed by atoms with Crippen molar-refractivity contribution in [2.45, 2.75) is 26.4 Å². The minimum atomic E-state index is 0.383. The summed E-state index contributed by atoms with van der Waals surface area (Å²) in [6.07, 6.45) is 1.72. The molecule has 0 spiro atoms. The number of hydrogen-bond acceptors (Lipinski definition) is 3. The first-order valence-corrected chi connectivity index (χ1v) is 5.74. The molecule has 1 fully saturated rings. The Bertz CT molecular complexity index is 152. The fraction of sp³-hybridized carbons (Fsp3) is 1.00. The zero-order valence-electron chi connectivity index (χ0n) is 9.75. The maximum atomic E-state index is 5.54. The molecular weight excluding hydrogens is 176 g/mol. The summed E-state index contributed by atoms with van der Waals surface area (Å²) in [5.41, 5.74) is 0. The van der Waals surface area contributed by atoms with Gasteiger partial charge in [0.25, 0.3) is 0 Å². The maximum Gasteiger partial charge on any atom is 0.0673 e. The SMILES string of the molecule is CCOC(C)CN1CCC(CNC)C1. The van der Waals surface area contributed by atoms with Crippen LogP contribution in [0.5, 0.6) is 0 Å². The van der Waals surface area contributed by atoms with Crippen LogP contribution in [0.15, 0.2) is 0 Å². The first-order valence-electron chi connectivity index (χ1n) is 5.74. The van der Waals surface area contributed by atoms with E-state index in [9.17, 15) is 0 Å². The van der Waals surface area contributed by atoms with E-state index in [1.165, 1.54) is 19.5 Å². The number of likely N-dealkylation sites (tertiary alicyclic amines) is 1. The van der Waals surface area contributed by atoms with Crippen molar-refractivity contribution in [3.05, 3.63) is 0 Å². The Hall–Kier alpha value is -0.120. The normalized spacial score (nSPS) is 25.5. The van der Waals surface area contributed by atoms with Gasteiger partial charge in [-0.3, -0.25) is 0 Å². The lowest BCUT2D eigenvalue weighted by atomic mass is 10.1. The number of rotatable bonds is 6. The van der Waals surface area contributed by atoms with E-state index in [0.717, 1.165) is 25.6 Å². The predicted molar refractivity (Wildman–Crippen MR) is 59.6 cm³/mol. The Balaban J connectivity index is 2.15. The summed E-state index contributed by atoms with van der Waals surface area (Å²) in [4.78, 5) is 2.52. The van der Waals surface area contributed by atoms with Gasteiger partial charge in [-0.2, -0.15) is 0 Å². The molecule has 0 bridgehead atoms. The van der Waals surface area contributed by atoms with E-state index in [1.807, 2.05) is 7.05 Å². The summed E-state index contributed by atoms with van der Waals surface area (Å²) in [5, 5.41) is 3.25. The van der Waals surface area contributed by atoms with Gasteiger partial charge in [-0.15, -0.1) is 0 Å². The molecule has 3 heteroatoms. The Kier molecular flexibility index (Phi) is 5.45. The van der Waals surface area contributed by atoms with Gasteiger partial charge in [-0.25, -0.2) is 0 Å². The lowest BCUT2D eigenvalue weighted by molar-refractivity contribution is 0.0507. The van der Waals surface area contributed by atoms with Crippen molar-refractivity contribution in [1.82, 2.24) is 10.2 Å².